The Hall–Kier alpha value is -2.63. The number of carbonyl (C=O) groups is 1. The van der Waals surface area contributed by atoms with Crippen molar-refractivity contribution in [3.8, 4) is 0 Å². The molecule has 1 N–H and O–H groups in total. The molecule has 1 aliphatic heterocycles. The van der Waals surface area contributed by atoms with Gasteiger partial charge in [0.2, 0.25) is 0 Å². The SMILES string of the molecule is COCc1c(C(=O)N2CC[NH+](Cc3ccccc3C)CC2)oc2ccccc12. The van der Waals surface area contributed by atoms with Crippen molar-refractivity contribution in [2.75, 3.05) is 33.3 Å². The van der Waals surface area contributed by atoms with Crippen LogP contribution in [0, 0.1) is 6.92 Å². The molecule has 5 heteroatoms. The smallest absolute Gasteiger partial charge is 0.290 e. The molecule has 0 bridgehead atoms. The Morgan fingerprint density at radius 3 is 2.57 bits per heavy atom. The van der Waals surface area contributed by atoms with E-state index >= 15 is 0 Å². The number of aryl methyl sites for hydroxylation is 1. The van der Waals surface area contributed by atoms with Gasteiger partial charge in [0.25, 0.3) is 5.91 Å². The summed E-state index contributed by atoms with van der Waals surface area (Å²) in [5, 5.41) is 0.955. The highest BCUT2D eigenvalue weighted by Crippen LogP contribution is 2.27. The Balaban J connectivity index is 1.46. The van der Waals surface area contributed by atoms with Crippen molar-refractivity contribution >= 4 is 16.9 Å². The van der Waals surface area contributed by atoms with Gasteiger partial charge in [0.1, 0.15) is 12.1 Å². The Labute approximate surface area is 165 Å². The highest BCUT2D eigenvalue weighted by molar-refractivity contribution is 5.99. The second kappa shape index (κ2) is 8.17. The number of rotatable bonds is 5. The van der Waals surface area contributed by atoms with Crippen LogP contribution in [0.3, 0.4) is 0 Å². The number of nitrogens with one attached hydrogen (secondary N) is 1. The van der Waals surface area contributed by atoms with E-state index in [2.05, 4.69) is 31.2 Å². The van der Waals surface area contributed by atoms with Gasteiger partial charge in [-0.3, -0.25) is 4.79 Å². The van der Waals surface area contributed by atoms with Crippen molar-refractivity contribution in [3.05, 3.63) is 71.0 Å². The van der Waals surface area contributed by atoms with Crippen LogP contribution >= 0.6 is 0 Å². The van der Waals surface area contributed by atoms with Gasteiger partial charge in [-0.2, -0.15) is 0 Å². The molecule has 0 aliphatic carbocycles. The second-order valence-electron chi connectivity index (χ2n) is 7.48. The van der Waals surface area contributed by atoms with Gasteiger partial charge in [0.15, 0.2) is 5.76 Å². The third-order valence-electron chi connectivity index (χ3n) is 5.64. The summed E-state index contributed by atoms with van der Waals surface area (Å²) >= 11 is 0. The van der Waals surface area contributed by atoms with E-state index in [1.165, 1.54) is 16.0 Å². The summed E-state index contributed by atoms with van der Waals surface area (Å²) in [6, 6.07) is 16.3. The predicted octanol–water partition coefficient (Wildman–Crippen LogP) is 2.43. The second-order valence-corrected chi connectivity index (χ2v) is 7.48. The number of hydrogen-bond acceptors (Lipinski definition) is 3. The Morgan fingerprint density at radius 1 is 1.11 bits per heavy atom. The minimum absolute atomic E-state index is 0.0295. The molecular weight excluding hydrogens is 352 g/mol. The van der Waals surface area contributed by atoms with Crippen molar-refractivity contribution in [2.45, 2.75) is 20.1 Å². The lowest BCUT2D eigenvalue weighted by atomic mass is 10.1. The number of piperazine rings is 1. The van der Waals surface area contributed by atoms with Crippen molar-refractivity contribution in [1.82, 2.24) is 4.90 Å². The molecule has 1 aromatic heterocycles. The lowest BCUT2D eigenvalue weighted by Gasteiger charge is -2.32. The highest BCUT2D eigenvalue weighted by Gasteiger charge is 2.29. The van der Waals surface area contributed by atoms with E-state index in [1.807, 2.05) is 29.2 Å². The number of benzene rings is 2. The van der Waals surface area contributed by atoms with Crippen LogP contribution in [-0.2, 0) is 17.9 Å². The Kier molecular flexibility index (Phi) is 5.46. The third kappa shape index (κ3) is 3.68. The van der Waals surface area contributed by atoms with Gasteiger partial charge >= 0.3 is 0 Å². The standard InChI is InChI=1S/C23H26N2O3/c1-17-7-3-4-8-18(17)15-24-11-13-25(14-12-24)23(26)22-20(16-27-2)19-9-5-6-10-21(19)28-22/h3-10H,11-16H2,1-2H3/p+1. The van der Waals surface area contributed by atoms with Crippen LogP contribution in [0.25, 0.3) is 11.0 Å². The van der Waals surface area contributed by atoms with Crippen LogP contribution < -0.4 is 4.90 Å². The van der Waals surface area contributed by atoms with Crippen LogP contribution in [0.1, 0.15) is 27.2 Å². The molecule has 1 fully saturated rings. The Morgan fingerprint density at radius 2 is 1.82 bits per heavy atom. The first-order valence-corrected chi connectivity index (χ1v) is 9.84. The lowest BCUT2D eigenvalue weighted by molar-refractivity contribution is -0.917. The number of carbonyl (C=O) groups excluding carboxylic acids is 1. The molecule has 2 aromatic carbocycles. The normalized spacial score (nSPS) is 15.3. The number of para-hydroxylation sites is 1. The fourth-order valence-electron chi connectivity index (χ4n) is 3.98. The fourth-order valence-corrected chi connectivity index (χ4v) is 3.98. The quantitative estimate of drug-likeness (QED) is 0.741. The number of ether oxygens (including phenoxy) is 1. The molecule has 146 valence electrons. The summed E-state index contributed by atoms with van der Waals surface area (Å²) in [5.74, 6) is 0.392. The molecule has 0 unspecified atom stereocenters. The summed E-state index contributed by atoms with van der Waals surface area (Å²) in [6.07, 6.45) is 0. The van der Waals surface area contributed by atoms with Gasteiger partial charge in [0, 0.05) is 23.6 Å². The minimum Gasteiger partial charge on any atom is -0.451 e. The maximum Gasteiger partial charge on any atom is 0.290 e. The molecule has 0 atom stereocenters. The van der Waals surface area contributed by atoms with Crippen LogP contribution in [0.2, 0.25) is 0 Å². The van der Waals surface area contributed by atoms with E-state index < -0.39 is 0 Å². The molecule has 0 radical (unpaired) electrons. The van der Waals surface area contributed by atoms with Crippen molar-refractivity contribution in [2.24, 2.45) is 0 Å². The third-order valence-corrected chi connectivity index (χ3v) is 5.64. The van der Waals surface area contributed by atoms with Gasteiger partial charge in [-0.05, 0) is 18.6 Å². The van der Waals surface area contributed by atoms with Crippen LogP contribution in [-0.4, -0.2) is 44.1 Å². The first-order valence-electron chi connectivity index (χ1n) is 9.84. The minimum atomic E-state index is -0.0295. The maximum absolute atomic E-state index is 13.2. The average Bonchev–Trinajstić information content (AvgIpc) is 3.09. The molecule has 0 spiro atoms. The van der Waals surface area contributed by atoms with E-state index in [0.29, 0.717) is 12.4 Å². The molecule has 2 heterocycles. The zero-order valence-corrected chi connectivity index (χ0v) is 16.5. The molecule has 0 saturated carbocycles. The average molecular weight is 379 g/mol. The number of nitrogens with zero attached hydrogens (tertiary/aromatic N) is 1. The molecule has 1 amide bonds. The first kappa shape index (κ1) is 18.7. The summed E-state index contributed by atoms with van der Waals surface area (Å²) in [7, 11) is 1.64. The van der Waals surface area contributed by atoms with Crippen LogP contribution in [0.15, 0.2) is 52.9 Å². The van der Waals surface area contributed by atoms with E-state index in [0.717, 1.165) is 49.3 Å². The summed E-state index contributed by atoms with van der Waals surface area (Å²) in [6.45, 7) is 6.91. The van der Waals surface area contributed by atoms with E-state index in [-0.39, 0.29) is 5.91 Å². The summed E-state index contributed by atoms with van der Waals surface area (Å²) in [4.78, 5) is 16.6. The molecule has 4 rings (SSSR count). The van der Waals surface area contributed by atoms with Crippen LogP contribution in [0.4, 0.5) is 0 Å². The number of hydrogen-bond donors (Lipinski definition) is 1. The molecule has 1 saturated heterocycles. The predicted molar refractivity (Wildman–Crippen MR) is 108 cm³/mol. The topological polar surface area (TPSA) is 47.1 Å². The van der Waals surface area contributed by atoms with Gasteiger partial charge in [-0.15, -0.1) is 0 Å². The zero-order valence-electron chi connectivity index (χ0n) is 16.5. The summed E-state index contributed by atoms with van der Waals surface area (Å²) in [5.41, 5.74) is 4.30. The highest BCUT2D eigenvalue weighted by atomic mass is 16.5. The largest absolute Gasteiger partial charge is 0.451 e. The van der Waals surface area contributed by atoms with Gasteiger partial charge in [-0.25, -0.2) is 0 Å². The number of furan rings is 1. The maximum atomic E-state index is 13.2. The Bertz CT molecular complexity index is 971. The molecule has 1 aliphatic rings. The van der Waals surface area contributed by atoms with Crippen LogP contribution in [0.5, 0.6) is 0 Å². The van der Waals surface area contributed by atoms with Gasteiger partial charge < -0.3 is 19.0 Å². The summed E-state index contributed by atoms with van der Waals surface area (Å²) < 4.78 is 11.3. The fraction of sp³-hybridized carbons (Fsp3) is 0.348. The number of fused-ring (bicyclic) bond motifs is 1. The van der Waals surface area contributed by atoms with E-state index in [4.69, 9.17) is 9.15 Å². The van der Waals surface area contributed by atoms with Crippen molar-refractivity contribution in [1.29, 1.82) is 0 Å². The number of quaternary nitrogens is 1. The first-order chi connectivity index (χ1) is 13.7. The molecule has 5 nitrogen and oxygen atoms in total. The van der Waals surface area contributed by atoms with Crippen molar-refractivity contribution < 1.29 is 18.8 Å². The zero-order chi connectivity index (χ0) is 19.5. The lowest BCUT2D eigenvalue weighted by Crippen LogP contribution is -3.13. The molecule has 3 aromatic rings. The molecular formula is C23H27N2O3+. The van der Waals surface area contributed by atoms with E-state index in [9.17, 15) is 4.79 Å². The van der Waals surface area contributed by atoms with Gasteiger partial charge in [0.05, 0.1) is 32.8 Å². The number of amides is 1. The van der Waals surface area contributed by atoms with Gasteiger partial charge in [-0.1, -0.05) is 42.5 Å². The monoisotopic (exact) mass is 379 g/mol. The van der Waals surface area contributed by atoms with E-state index in [1.54, 1.807) is 7.11 Å². The molecule has 28 heavy (non-hydrogen) atoms. The van der Waals surface area contributed by atoms with Crippen molar-refractivity contribution in [3.63, 3.8) is 0 Å². The number of methoxy groups -OCH3 is 1.